The summed E-state index contributed by atoms with van der Waals surface area (Å²) in [7, 11) is -1.39. The molecule has 8 heteroatoms. The van der Waals surface area contributed by atoms with E-state index in [0.717, 1.165) is 39.9 Å². The van der Waals surface area contributed by atoms with Crippen LogP contribution in [0.4, 0.5) is 26.3 Å². The Morgan fingerprint density at radius 3 is 1.43 bits per heavy atom. The molecule has 0 spiro atoms. The molecule has 0 aliphatic rings. The predicted octanol–water partition coefficient (Wildman–Crippen LogP) is 9.82. The van der Waals surface area contributed by atoms with Gasteiger partial charge in [-0.2, -0.15) is 26.3 Å². The summed E-state index contributed by atoms with van der Waals surface area (Å²) in [6.07, 6.45) is -8.01. The highest BCUT2D eigenvalue weighted by molar-refractivity contribution is 6.88. The first-order chi connectivity index (χ1) is 18.7. The second kappa shape index (κ2) is 9.93. The molecule has 5 rings (SSSR count). The molecule has 0 amide bonds. The summed E-state index contributed by atoms with van der Waals surface area (Å²) >= 11 is 0. The van der Waals surface area contributed by atoms with Crippen molar-refractivity contribution in [3.05, 3.63) is 108 Å². The molecule has 4 aromatic carbocycles. The third-order valence-electron chi connectivity index (χ3n) is 6.90. The number of fused-ring (bicyclic) bond motifs is 1. The summed E-state index contributed by atoms with van der Waals surface area (Å²) < 4.78 is 79.9. The van der Waals surface area contributed by atoms with Gasteiger partial charge in [-0.15, -0.1) is 0 Å². The molecule has 1 heterocycles. The van der Waals surface area contributed by atoms with Gasteiger partial charge in [0.25, 0.3) is 0 Å². The minimum Gasteiger partial charge on any atom is -0.256 e. The molecular formula is C32H25F6NSi. The summed E-state index contributed by atoms with van der Waals surface area (Å²) in [6, 6.07) is 24.5. The summed E-state index contributed by atoms with van der Waals surface area (Å²) in [5.74, 6) is 0. The Labute approximate surface area is 229 Å². The number of alkyl halides is 6. The number of halogens is 6. The molecular weight excluding hydrogens is 540 g/mol. The van der Waals surface area contributed by atoms with E-state index in [-0.39, 0.29) is 17.2 Å². The van der Waals surface area contributed by atoms with Crippen LogP contribution in [0, 0.1) is 0 Å². The number of hydrogen-bond donors (Lipinski definition) is 0. The van der Waals surface area contributed by atoms with Gasteiger partial charge in [0.2, 0.25) is 0 Å². The lowest BCUT2D eigenvalue weighted by atomic mass is 9.95. The van der Waals surface area contributed by atoms with Crippen molar-refractivity contribution in [1.82, 2.24) is 4.98 Å². The van der Waals surface area contributed by atoms with Crippen molar-refractivity contribution in [2.24, 2.45) is 0 Å². The number of benzene rings is 4. The summed E-state index contributed by atoms with van der Waals surface area (Å²) in [6.45, 7) is 6.90. The van der Waals surface area contributed by atoms with Crippen LogP contribution < -0.4 is 5.19 Å². The Morgan fingerprint density at radius 2 is 0.975 bits per heavy atom. The van der Waals surface area contributed by atoms with Crippen molar-refractivity contribution in [1.29, 1.82) is 0 Å². The van der Waals surface area contributed by atoms with Crippen molar-refractivity contribution in [2.45, 2.75) is 32.0 Å². The zero-order valence-electron chi connectivity index (χ0n) is 22.0. The Morgan fingerprint density at radius 1 is 0.500 bits per heavy atom. The van der Waals surface area contributed by atoms with E-state index in [9.17, 15) is 26.3 Å². The Hall–Kier alpha value is -3.91. The normalized spacial score (nSPS) is 12.6. The number of nitrogens with zero attached hydrogens (tertiary/aromatic N) is 1. The molecule has 0 saturated carbocycles. The third-order valence-corrected chi connectivity index (χ3v) is 8.97. The van der Waals surface area contributed by atoms with Crippen LogP contribution in [0.1, 0.15) is 11.1 Å². The Kier molecular flexibility index (Phi) is 6.86. The second-order valence-corrected chi connectivity index (χ2v) is 15.9. The topological polar surface area (TPSA) is 12.9 Å². The minimum atomic E-state index is -4.90. The largest absolute Gasteiger partial charge is 0.416 e. The van der Waals surface area contributed by atoms with Gasteiger partial charge in [-0.3, -0.25) is 4.98 Å². The van der Waals surface area contributed by atoms with E-state index in [1.807, 2.05) is 24.3 Å². The van der Waals surface area contributed by atoms with Gasteiger partial charge in [0.05, 0.1) is 24.9 Å². The highest BCUT2D eigenvalue weighted by Crippen LogP contribution is 2.39. The van der Waals surface area contributed by atoms with Gasteiger partial charge >= 0.3 is 12.4 Å². The van der Waals surface area contributed by atoms with Crippen LogP contribution in [-0.4, -0.2) is 13.1 Å². The fourth-order valence-corrected chi connectivity index (χ4v) is 5.77. The maximum absolute atomic E-state index is 13.3. The van der Waals surface area contributed by atoms with E-state index in [2.05, 4.69) is 48.9 Å². The average molecular weight is 566 g/mol. The van der Waals surface area contributed by atoms with Crippen molar-refractivity contribution in [3.8, 4) is 33.5 Å². The van der Waals surface area contributed by atoms with Crippen LogP contribution in [-0.2, 0) is 12.4 Å². The summed E-state index contributed by atoms with van der Waals surface area (Å²) in [5.41, 5.74) is 1.12. The lowest BCUT2D eigenvalue weighted by molar-refractivity contribution is -0.143. The van der Waals surface area contributed by atoms with Crippen LogP contribution in [0.25, 0.3) is 44.3 Å². The van der Waals surface area contributed by atoms with Crippen LogP contribution in [0.5, 0.6) is 0 Å². The van der Waals surface area contributed by atoms with E-state index in [4.69, 9.17) is 0 Å². The zero-order chi connectivity index (χ0) is 28.9. The standard InChI is InChI=1S/C32H25F6NSi/c1-40(2,3)29-11-8-20(9-12-29)30-13-10-25(19-39-30)23-6-4-22-15-24(7-5-21(22)14-23)26-16-27(31(33,34)35)18-28(17-26)32(36,37)38/h4-19H,1-3H3. The van der Waals surface area contributed by atoms with Crippen molar-refractivity contribution in [3.63, 3.8) is 0 Å². The number of hydrogen-bond acceptors (Lipinski definition) is 1. The highest BCUT2D eigenvalue weighted by Gasteiger charge is 2.37. The Bertz CT molecular complexity index is 1650. The van der Waals surface area contributed by atoms with Gasteiger partial charge in [0.1, 0.15) is 0 Å². The lowest BCUT2D eigenvalue weighted by Gasteiger charge is -2.16. The zero-order valence-corrected chi connectivity index (χ0v) is 23.0. The van der Waals surface area contributed by atoms with E-state index in [1.54, 1.807) is 24.4 Å². The molecule has 0 unspecified atom stereocenters. The number of rotatable bonds is 4. The fraction of sp³-hybridized carbons (Fsp3) is 0.156. The first-order valence-electron chi connectivity index (χ1n) is 12.6. The van der Waals surface area contributed by atoms with Crippen molar-refractivity contribution in [2.75, 3.05) is 0 Å². The molecule has 40 heavy (non-hydrogen) atoms. The summed E-state index contributed by atoms with van der Waals surface area (Å²) in [5, 5.41) is 2.87. The minimum absolute atomic E-state index is 0.138. The van der Waals surface area contributed by atoms with Gasteiger partial charge in [-0.1, -0.05) is 79.4 Å². The van der Waals surface area contributed by atoms with Crippen LogP contribution >= 0.6 is 0 Å². The van der Waals surface area contributed by atoms with Crippen molar-refractivity contribution >= 4 is 24.0 Å². The van der Waals surface area contributed by atoms with Crippen LogP contribution in [0.15, 0.2) is 97.2 Å². The molecule has 0 aliphatic carbocycles. The van der Waals surface area contributed by atoms with Crippen molar-refractivity contribution < 1.29 is 26.3 Å². The molecule has 5 aromatic rings. The fourth-order valence-electron chi connectivity index (χ4n) is 4.60. The predicted molar refractivity (Wildman–Crippen MR) is 151 cm³/mol. The maximum Gasteiger partial charge on any atom is 0.416 e. The monoisotopic (exact) mass is 565 g/mol. The average Bonchev–Trinajstić information content (AvgIpc) is 2.91. The first-order valence-corrected chi connectivity index (χ1v) is 16.1. The molecule has 1 aromatic heterocycles. The molecule has 0 fully saturated rings. The molecule has 0 N–H and O–H groups in total. The van der Waals surface area contributed by atoms with Crippen LogP contribution in [0.2, 0.25) is 19.6 Å². The second-order valence-electron chi connectivity index (χ2n) is 10.8. The number of aromatic nitrogens is 1. The van der Waals surface area contributed by atoms with E-state index in [0.29, 0.717) is 5.39 Å². The Balaban J connectivity index is 1.44. The molecule has 0 saturated heterocycles. The molecule has 0 atom stereocenters. The third kappa shape index (κ3) is 5.82. The van der Waals surface area contributed by atoms with Gasteiger partial charge in [-0.05, 0) is 63.9 Å². The molecule has 0 radical (unpaired) electrons. The van der Waals surface area contributed by atoms with Gasteiger partial charge in [0, 0.05) is 17.3 Å². The molecule has 0 bridgehead atoms. The van der Waals surface area contributed by atoms with E-state index in [1.165, 1.54) is 11.3 Å². The van der Waals surface area contributed by atoms with E-state index < -0.39 is 31.6 Å². The quantitative estimate of drug-likeness (QED) is 0.156. The van der Waals surface area contributed by atoms with Gasteiger partial charge in [-0.25, -0.2) is 0 Å². The summed E-state index contributed by atoms with van der Waals surface area (Å²) in [4.78, 5) is 4.63. The maximum atomic E-state index is 13.3. The van der Waals surface area contributed by atoms with E-state index >= 15 is 0 Å². The smallest absolute Gasteiger partial charge is 0.256 e. The van der Waals surface area contributed by atoms with Gasteiger partial charge < -0.3 is 0 Å². The lowest BCUT2D eigenvalue weighted by Crippen LogP contribution is -2.37. The first kappa shape index (κ1) is 27.6. The highest BCUT2D eigenvalue weighted by atomic mass is 28.3. The SMILES string of the molecule is C[Si](C)(C)c1ccc(-c2ccc(-c3ccc4cc(-c5cc(C(F)(F)F)cc(C(F)(F)F)c5)ccc4c3)cn2)cc1. The number of pyridine rings is 1. The molecule has 1 nitrogen and oxygen atoms in total. The molecule has 0 aliphatic heterocycles. The van der Waals surface area contributed by atoms with Gasteiger partial charge in [0.15, 0.2) is 0 Å². The molecule has 204 valence electrons. The van der Waals surface area contributed by atoms with Crippen LogP contribution in [0.3, 0.4) is 0 Å².